The van der Waals surface area contributed by atoms with Gasteiger partial charge in [-0.1, -0.05) is 12.0 Å². The van der Waals surface area contributed by atoms with Crippen LogP contribution in [0.4, 0.5) is 0 Å². The molecule has 0 saturated carbocycles. The second-order valence-electron chi connectivity index (χ2n) is 1.66. The maximum Gasteiger partial charge on any atom is 0.217 e. The summed E-state index contributed by atoms with van der Waals surface area (Å²) in [5.41, 5.74) is 7.87. The summed E-state index contributed by atoms with van der Waals surface area (Å²) < 4.78 is 20.9. The molecule has 0 amide bonds. The molecule has 58 valence electrons. The summed E-state index contributed by atoms with van der Waals surface area (Å²) in [6.07, 6.45) is 0.197. The van der Waals surface area contributed by atoms with Crippen LogP contribution in [0.3, 0.4) is 0 Å². The van der Waals surface area contributed by atoms with E-state index in [1.165, 1.54) is 0 Å². The Morgan fingerprint density at radius 1 is 1.80 bits per heavy atom. The van der Waals surface area contributed by atoms with Gasteiger partial charge in [-0.3, -0.25) is 0 Å². The predicted octanol–water partition coefficient (Wildman–Crippen LogP) is 0.321. The maximum atomic E-state index is 10.5. The van der Waals surface area contributed by atoms with Gasteiger partial charge in [0, 0.05) is 4.91 Å². The summed E-state index contributed by atoms with van der Waals surface area (Å²) in [6.45, 7) is 1.57. The first-order chi connectivity index (χ1) is 4.52. The van der Waals surface area contributed by atoms with Gasteiger partial charge in [0.25, 0.3) is 0 Å². The lowest BCUT2D eigenvalue weighted by Gasteiger charge is -2.02. The number of hydrogen-bond acceptors (Lipinski definition) is 3. The Bertz CT molecular complexity index is 239. The minimum Gasteiger partial charge on any atom is -0.228 e. The molecule has 0 radical (unpaired) electrons. The van der Waals surface area contributed by atoms with E-state index in [9.17, 15) is 8.42 Å². The third-order valence-electron chi connectivity index (χ3n) is 0.909. The highest BCUT2D eigenvalue weighted by Crippen LogP contribution is 2.02. The van der Waals surface area contributed by atoms with Crippen molar-refractivity contribution in [3.63, 3.8) is 0 Å². The van der Waals surface area contributed by atoms with Crippen molar-refractivity contribution in [3.05, 3.63) is 10.4 Å². The molecule has 0 aromatic carbocycles. The first-order valence-corrected chi connectivity index (χ1v) is 4.19. The average Bonchev–Trinajstić information content (AvgIpc) is 1.80. The van der Waals surface area contributed by atoms with Gasteiger partial charge in [0.05, 0.1) is 0 Å². The Morgan fingerprint density at radius 3 is 2.40 bits per heavy atom. The molecule has 0 aromatic heterocycles. The fraction of sp³-hybridized carbons (Fsp3) is 1.00. The molecule has 0 rings (SSSR count). The molecule has 2 N–H and O–H groups in total. The number of nitrogens with zero attached hydrogens (tertiary/aromatic N) is 3. The largest absolute Gasteiger partial charge is 0.228 e. The quantitative estimate of drug-likeness (QED) is 0.368. The molecule has 1 atom stereocenters. The number of nitrogens with two attached hydrogens (primary N) is 1. The number of azide groups is 1. The zero-order chi connectivity index (χ0) is 8.20. The van der Waals surface area contributed by atoms with Gasteiger partial charge < -0.3 is 0 Å². The molecule has 0 aromatic rings. The van der Waals surface area contributed by atoms with Crippen molar-refractivity contribution < 1.29 is 8.42 Å². The van der Waals surface area contributed by atoms with Crippen LogP contribution in [0.2, 0.25) is 0 Å². The van der Waals surface area contributed by atoms with Gasteiger partial charge in [-0.15, -0.1) is 0 Å². The van der Waals surface area contributed by atoms with Crippen molar-refractivity contribution in [1.82, 2.24) is 0 Å². The zero-order valence-electron chi connectivity index (χ0n) is 5.43. The van der Waals surface area contributed by atoms with Crippen LogP contribution >= 0.6 is 0 Å². The summed E-state index contributed by atoms with van der Waals surface area (Å²) in [5.74, 6) is 0. The average molecular weight is 164 g/mol. The van der Waals surface area contributed by atoms with E-state index in [2.05, 4.69) is 15.2 Å². The van der Waals surface area contributed by atoms with Crippen molar-refractivity contribution in [2.45, 2.75) is 18.7 Å². The van der Waals surface area contributed by atoms with E-state index in [0.29, 0.717) is 0 Å². The topological polar surface area (TPSA) is 109 Å². The molecule has 0 aliphatic carbocycles. The Kier molecular flexibility index (Phi) is 3.14. The molecule has 6 nitrogen and oxygen atoms in total. The highest BCUT2D eigenvalue weighted by atomic mass is 32.2. The third kappa shape index (κ3) is 2.67. The fourth-order valence-corrected chi connectivity index (χ4v) is 1.08. The fourth-order valence-electron chi connectivity index (χ4n) is 0.437. The summed E-state index contributed by atoms with van der Waals surface area (Å²) in [6, 6.07) is 0. The molecule has 10 heavy (non-hydrogen) atoms. The number of rotatable bonds is 3. The van der Waals surface area contributed by atoms with Crippen LogP contribution in [-0.2, 0) is 10.0 Å². The summed E-state index contributed by atoms with van der Waals surface area (Å²) >= 11 is 0. The maximum absolute atomic E-state index is 10.5. The van der Waals surface area contributed by atoms with Crippen molar-refractivity contribution >= 4 is 10.0 Å². The van der Waals surface area contributed by atoms with Gasteiger partial charge in [0.15, 0.2) is 5.37 Å². The summed E-state index contributed by atoms with van der Waals surface area (Å²) in [7, 11) is -3.70. The summed E-state index contributed by atoms with van der Waals surface area (Å²) in [4.78, 5) is 2.34. The van der Waals surface area contributed by atoms with Gasteiger partial charge in [0.2, 0.25) is 10.0 Å². The van der Waals surface area contributed by atoms with E-state index < -0.39 is 15.4 Å². The molecule has 7 heteroatoms. The minimum atomic E-state index is -3.70. The van der Waals surface area contributed by atoms with Crippen LogP contribution in [0.15, 0.2) is 5.11 Å². The predicted molar refractivity (Wildman–Crippen MR) is 36.3 cm³/mol. The number of primary sulfonamides is 1. The Balaban J connectivity index is 4.53. The molecule has 0 spiro atoms. The molecule has 0 saturated heterocycles. The molecular weight excluding hydrogens is 156 g/mol. The van der Waals surface area contributed by atoms with Crippen LogP contribution in [0.25, 0.3) is 10.4 Å². The van der Waals surface area contributed by atoms with Gasteiger partial charge in [-0.25, -0.2) is 13.6 Å². The Labute approximate surface area is 58.7 Å². The molecular formula is C3H8N4O2S. The molecule has 0 fully saturated rings. The molecule has 1 unspecified atom stereocenters. The lowest BCUT2D eigenvalue weighted by molar-refractivity contribution is 0.579. The highest BCUT2D eigenvalue weighted by molar-refractivity contribution is 7.89. The van der Waals surface area contributed by atoms with E-state index >= 15 is 0 Å². The number of hydrogen-bond donors (Lipinski definition) is 1. The van der Waals surface area contributed by atoms with Crippen LogP contribution in [0.1, 0.15) is 13.3 Å². The van der Waals surface area contributed by atoms with Crippen LogP contribution in [0, 0.1) is 0 Å². The van der Waals surface area contributed by atoms with Gasteiger partial charge >= 0.3 is 0 Å². The van der Waals surface area contributed by atoms with E-state index in [4.69, 9.17) is 5.53 Å². The van der Waals surface area contributed by atoms with E-state index in [-0.39, 0.29) is 6.42 Å². The van der Waals surface area contributed by atoms with Crippen LogP contribution in [0.5, 0.6) is 0 Å². The second kappa shape index (κ2) is 3.40. The Hall–Kier alpha value is -0.780. The van der Waals surface area contributed by atoms with Crippen LogP contribution < -0.4 is 5.14 Å². The highest BCUT2D eigenvalue weighted by Gasteiger charge is 2.16. The van der Waals surface area contributed by atoms with E-state index in [1.54, 1.807) is 6.92 Å². The molecule has 0 heterocycles. The summed E-state index contributed by atoms with van der Waals surface area (Å²) in [5, 5.41) is 6.54. The zero-order valence-corrected chi connectivity index (χ0v) is 6.24. The van der Waals surface area contributed by atoms with Gasteiger partial charge in [-0.2, -0.15) is 0 Å². The van der Waals surface area contributed by atoms with Crippen LogP contribution in [-0.4, -0.2) is 13.8 Å². The number of sulfonamides is 1. The SMILES string of the molecule is CCC(N=[N+]=[N-])S(N)(=O)=O. The second-order valence-corrected chi connectivity index (χ2v) is 3.38. The van der Waals surface area contributed by atoms with Gasteiger partial charge in [-0.05, 0) is 12.0 Å². The third-order valence-corrected chi connectivity index (χ3v) is 2.09. The monoisotopic (exact) mass is 164 g/mol. The lowest BCUT2D eigenvalue weighted by atomic mass is 10.5. The minimum absolute atomic E-state index is 0.197. The van der Waals surface area contributed by atoms with Crippen molar-refractivity contribution in [2.24, 2.45) is 10.3 Å². The standard InChI is InChI=1S/C3H8N4O2S/c1-2-3(6-7-4)10(5,8)9/h3H,2H2,1H3,(H2,5,8,9). The normalized spacial score (nSPS) is 13.8. The van der Waals surface area contributed by atoms with Gasteiger partial charge in [0.1, 0.15) is 0 Å². The molecule has 0 aliphatic rings. The first kappa shape index (κ1) is 9.22. The smallest absolute Gasteiger partial charge is 0.217 e. The Morgan fingerprint density at radius 2 is 2.30 bits per heavy atom. The lowest BCUT2D eigenvalue weighted by Crippen LogP contribution is -2.25. The van der Waals surface area contributed by atoms with Crippen molar-refractivity contribution in [3.8, 4) is 0 Å². The van der Waals surface area contributed by atoms with E-state index in [1.807, 2.05) is 0 Å². The molecule has 0 bridgehead atoms. The van der Waals surface area contributed by atoms with Crippen molar-refractivity contribution in [1.29, 1.82) is 0 Å². The van der Waals surface area contributed by atoms with Crippen molar-refractivity contribution in [2.75, 3.05) is 0 Å². The molecule has 0 aliphatic heterocycles. The first-order valence-electron chi connectivity index (χ1n) is 2.58. The van der Waals surface area contributed by atoms with E-state index in [0.717, 1.165) is 0 Å².